The molecule has 0 unspecified atom stereocenters. The van der Waals surface area contributed by atoms with Crippen molar-refractivity contribution in [1.29, 1.82) is 0 Å². The van der Waals surface area contributed by atoms with Crippen molar-refractivity contribution in [1.82, 2.24) is 0 Å². The minimum atomic E-state index is -4.67. The van der Waals surface area contributed by atoms with E-state index in [9.17, 15) is 0 Å². The Bertz CT molecular complexity index is 738. The molecule has 162 valence electrons. The quantitative estimate of drug-likeness (QED) is 0.350. The normalized spacial score (nSPS) is 13.8. The van der Waals surface area contributed by atoms with Crippen LogP contribution in [0.5, 0.6) is 0 Å². The Hall–Kier alpha value is -0.670. The van der Waals surface area contributed by atoms with Crippen molar-refractivity contribution in [3.8, 4) is 0 Å². The van der Waals surface area contributed by atoms with Gasteiger partial charge in [0, 0.05) is 11.5 Å². The van der Waals surface area contributed by atoms with Crippen molar-refractivity contribution in [2.24, 2.45) is 4.99 Å². The second-order valence-corrected chi connectivity index (χ2v) is 9.66. The fourth-order valence-corrected chi connectivity index (χ4v) is 4.15. The lowest BCUT2D eigenvalue weighted by Crippen LogP contribution is -1.89. The molecule has 1 aromatic rings. The smallest absolute Gasteiger partial charge is 0.264 e. The number of unbranched alkanes of at least 4 members (excludes halogenated alkanes) is 3. The highest BCUT2D eigenvalue weighted by molar-refractivity contribution is 8.41. The van der Waals surface area contributed by atoms with Crippen LogP contribution >= 0.6 is 23.5 Å². The molecular weight excluding hydrogens is 450 g/mol. The summed E-state index contributed by atoms with van der Waals surface area (Å²) in [6.07, 6.45) is 6.55. The first kappa shape index (κ1) is 27.3. The van der Waals surface area contributed by atoms with Gasteiger partial charge in [0.25, 0.3) is 0 Å². The molecule has 1 aliphatic rings. The number of aliphatic imine (C=N–C) groups is 1. The second kappa shape index (κ2) is 14.3. The van der Waals surface area contributed by atoms with Crippen LogP contribution < -0.4 is 0 Å². The van der Waals surface area contributed by atoms with Crippen LogP contribution in [0.25, 0.3) is 0 Å². The molecule has 1 aromatic carbocycles. The van der Waals surface area contributed by atoms with E-state index in [1.165, 1.54) is 53.5 Å². The molecule has 0 aliphatic carbocycles. The first-order valence-corrected chi connectivity index (χ1v) is 13.0. The SMILES string of the molecule is CCCCCCc1ccc(N=C2SCCS2)cc1.O=S(=O)(O)O.O=S(=O)(O)O. The van der Waals surface area contributed by atoms with Gasteiger partial charge in [0.2, 0.25) is 0 Å². The van der Waals surface area contributed by atoms with Gasteiger partial charge in [-0.25, -0.2) is 4.99 Å². The van der Waals surface area contributed by atoms with E-state index >= 15 is 0 Å². The number of hydrogen-bond donors (Lipinski definition) is 4. The highest BCUT2D eigenvalue weighted by Gasteiger charge is 2.09. The number of nitrogens with zero attached hydrogens (tertiary/aromatic N) is 1. The van der Waals surface area contributed by atoms with Gasteiger partial charge in [-0.3, -0.25) is 18.2 Å². The predicted molar refractivity (Wildman–Crippen MR) is 115 cm³/mol. The number of rotatable bonds is 6. The first-order chi connectivity index (χ1) is 12.9. The summed E-state index contributed by atoms with van der Waals surface area (Å²) in [5.41, 5.74) is 2.55. The standard InChI is InChI=1S/C15H21NS2.2H2O4S/c1-2-3-4-5-6-13-7-9-14(10-8-13)16-15-17-11-12-18-15;2*1-5(2,3)4/h7-10H,2-6,11-12H2,1H3;2*(H2,1,2,3,4). The highest BCUT2D eigenvalue weighted by Crippen LogP contribution is 2.29. The maximum absolute atomic E-state index is 8.74. The van der Waals surface area contributed by atoms with E-state index in [4.69, 9.17) is 35.0 Å². The largest absolute Gasteiger partial charge is 0.394 e. The lowest BCUT2D eigenvalue weighted by atomic mass is 10.1. The summed E-state index contributed by atoms with van der Waals surface area (Å²) in [5.74, 6) is 2.41. The molecule has 1 heterocycles. The maximum Gasteiger partial charge on any atom is 0.394 e. The van der Waals surface area contributed by atoms with E-state index in [2.05, 4.69) is 36.2 Å². The Morgan fingerprint density at radius 2 is 1.32 bits per heavy atom. The summed E-state index contributed by atoms with van der Waals surface area (Å²) < 4.78 is 64.4. The Morgan fingerprint density at radius 1 is 0.857 bits per heavy atom. The number of aryl methyl sites for hydroxylation is 1. The zero-order chi connectivity index (χ0) is 21.6. The van der Waals surface area contributed by atoms with Gasteiger partial charge in [-0.05, 0) is 30.5 Å². The van der Waals surface area contributed by atoms with Crippen LogP contribution in [0.1, 0.15) is 38.2 Å². The van der Waals surface area contributed by atoms with Gasteiger partial charge in [-0.1, -0.05) is 61.8 Å². The van der Waals surface area contributed by atoms with Crippen molar-refractivity contribution in [3.05, 3.63) is 29.8 Å². The maximum atomic E-state index is 8.74. The van der Waals surface area contributed by atoms with Crippen LogP contribution in [0.3, 0.4) is 0 Å². The zero-order valence-electron chi connectivity index (χ0n) is 15.3. The summed E-state index contributed by atoms with van der Waals surface area (Å²) in [5, 5.41) is 0. The van der Waals surface area contributed by atoms with E-state index in [0.29, 0.717) is 0 Å². The molecule has 0 atom stereocenters. The van der Waals surface area contributed by atoms with Crippen molar-refractivity contribution in [2.45, 2.75) is 39.0 Å². The Labute approximate surface area is 174 Å². The lowest BCUT2D eigenvalue weighted by Gasteiger charge is -2.02. The molecule has 0 aromatic heterocycles. The first-order valence-electron chi connectivity index (χ1n) is 8.21. The molecule has 0 bridgehead atoms. The lowest BCUT2D eigenvalue weighted by molar-refractivity contribution is 0.378. The number of benzene rings is 1. The minimum absolute atomic E-state index is 1.10. The third-order valence-corrected chi connectivity index (χ3v) is 5.47. The average molecular weight is 476 g/mol. The Balaban J connectivity index is 0.000000607. The molecule has 28 heavy (non-hydrogen) atoms. The van der Waals surface area contributed by atoms with Crippen molar-refractivity contribution in [2.75, 3.05) is 11.5 Å². The van der Waals surface area contributed by atoms with Gasteiger partial charge in [-0.2, -0.15) is 16.8 Å². The summed E-state index contributed by atoms with van der Waals surface area (Å²) in [7, 11) is -9.33. The molecule has 13 heteroatoms. The van der Waals surface area contributed by atoms with Gasteiger partial charge < -0.3 is 0 Å². The second-order valence-electron chi connectivity index (χ2n) is 5.45. The van der Waals surface area contributed by atoms with E-state index < -0.39 is 20.8 Å². The molecule has 0 saturated carbocycles. The van der Waals surface area contributed by atoms with E-state index in [1.54, 1.807) is 0 Å². The van der Waals surface area contributed by atoms with Crippen LogP contribution in [-0.4, -0.2) is 50.9 Å². The Morgan fingerprint density at radius 3 is 1.75 bits per heavy atom. The molecule has 0 radical (unpaired) electrons. The summed E-state index contributed by atoms with van der Waals surface area (Å²) in [4.78, 5) is 4.65. The minimum Gasteiger partial charge on any atom is -0.264 e. The van der Waals surface area contributed by atoms with Crippen molar-refractivity contribution in [3.63, 3.8) is 0 Å². The molecule has 0 spiro atoms. The Kier molecular flexibility index (Phi) is 14.0. The van der Waals surface area contributed by atoms with Gasteiger partial charge in [0.1, 0.15) is 4.38 Å². The summed E-state index contributed by atoms with van der Waals surface area (Å²) in [6.45, 7) is 2.26. The molecular formula is C15H25NO8S4. The van der Waals surface area contributed by atoms with E-state index in [0.717, 1.165) is 5.69 Å². The van der Waals surface area contributed by atoms with Crippen molar-refractivity contribution >= 4 is 54.4 Å². The number of hydrogen-bond acceptors (Lipinski definition) is 7. The van der Waals surface area contributed by atoms with Gasteiger partial charge in [0.15, 0.2) is 0 Å². The summed E-state index contributed by atoms with van der Waals surface area (Å²) in [6, 6.07) is 8.77. The summed E-state index contributed by atoms with van der Waals surface area (Å²) >= 11 is 3.75. The van der Waals surface area contributed by atoms with Gasteiger partial charge in [-0.15, -0.1) is 0 Å². The van der Waals surface area contributed by atoms with E-state index in [-0.39, 0.29) is 0 Å². The van der Waals surface area contributed by atoms with Crippen LogP contribution in [0.4, 0.5) is 5.69 Å². The third-order valence-electron chi connectivity index (χ3n) is 3.01. The topological polar surface area (TPSA) is 162 Å². The molecule has 4 N–H and O–H groups in total. The van der Waals surface area contributed by atoms with Crippen molar-refractivity contribution < 1.29 is 35.0 Å². The molecule has 1 saturated heterocycles. The average Bonchev–Trinajstić information content (AvgIpc) is 3.03. The van der Waals surface area contributed by atoms with Crippen LogP contribution in [0.15, 0.2) is 29.3 Å². The molecule has 1 fully saturated rings. The fourth-order valence-electron chi connectivity index (χ4n) is 1.96. The molecule has 1 aliphatic heterocycles. The van der Waals surface area contributed by atoms with E-state index in [1.807, 2.05) is 23.5 Å². The van der Waals surface area contributed by atoms with Crippen LogP contribution in [0, 0.1) is 0 Å². The van der Waals surface area contributed by atoms with Gasteiger partial charge >= 0.3 is 20.8 Å². The monoisotopic (exact) mass is 475 g/mol. The molecule has 0 amide bonds. The van der Waals surface area contributed by atoms with Crippen LogP contribution in [-0.2, 0) is 27.2 Å². The highest BCUT2D eigenvalue weighted by atomic mass is 32.3. The van der Waals surface area contributed by atoms with Crippen LogP contribution in [0.2, 0.25) is 0 Å². The molecule has 2 rings (SSSR count). The van der Waals surface area contributed by atoms with Gasteiger partial charge in [0.05, 0.1) is 5.69 Å². The third kappa shape index (κ3) is 21.6. The zero-order valence-corrected chi connectivity index (χ0v) is 18.5. The fraction of sp³-hybridized carbons (Fsp3) is 0.533. The predicted octanol–water partition coefficient (Wildman–Crippen LogP) is 3.97. The number of thioether (sulfide) groups is 2. The molecule has 9 nitrogen and oxygen atoms in total.